The van der Waals surface area contributed by atoms with E-state index in [-0.39, 0.29) is 29.3 Å². The summed E-state index contributed by atoms with van der Waals surface area (Å²) in [6.07, 6.45) is 4.52. The SMILES string of the molecule is Cc1ccc(Cl)cc1N1CCN(C[C@@H]2C(=O)O[C@@H]3CC4=CCC[C@@H](C)[C@@]4(C)[C@H](O)[C@@H]23)CC1. The number of fused-ring (bicyclic) bond motifs is 2. The second kappa shape index (κ2) is 8.34. The first-order valence-electron chi connectivity index (χ1n) is 12.1. The van der Waals surface area contributed by atoms with E-state index in [9.17, 15) is 9.90 Å². The van der Waals surface area contributed by atoms with Crippen LogP contribution in [0.1, 0.15) is 38.7 Å². The second-order valence-corrected chi connectivity index (χ2v) is 11.0. The summed E-state index contributed by atoms with van der Waals surface area (Å²) >= 11 is 6.23. The third kappa shape index (κ3) is 3.57. The molecule has 1 N–H and O–H groups in total. The number of hydrogen-bond donors (Lipinski definition) is 1. The molecule has 2 aliphatic carbocycles. The summed E-state index contributed by atoms with van der Waals surface area (Å²) in [7, 11) is 0. The molecule has 2 saturated heterocycles. The molecule has 174 valence electrons. The van der Waals surface area contributed by atoms with E-state index in [0.717, 1.165) is 50.5 Å². The van der Waals surface area contributed by atoms with E-state index >= 15 is 0 Å². The Kier molecular flexibility index (Phi) is 5.80. The van der Waals surface area contributed by atoms with Gasteiger partial charge in [0.15, 0.2) is 0 Å². The van der Waals surface area contributed by atoms with Crippen LogP contribution >= 0.6 is 11.6 Å². The molecule has 0 amide bonds. The van der Waals surface area contributed by atoms with E-state index < -0.39 is 6.10 Å². The topological polar surface area (TPSA) is 53.0 Å². The predicted octanol–water partition coefficient (Wildman–Crippen LogP) is 4.06. The van der Waals surface area contributed by atoms with Crippen LogP contribution in [0.4, 0.5) is 5.69 Å². The molecule has 2 aliphatic heterocycles. The third-order valence-electron chi connectivity index (χ3n) is 8.91. The van der Waals surface area contributed by atoms with Crippen molar-refractivity contribution in [3.8, 4) is 0 Å². The van der Waals surface area contributed by atoms with E-state index in [1.807, 2.05) is 12.1 Å². The van der Waals surface area contributed by atoms with Gasteiger partial charge in [-0.3, -0.25) is 9.69 Å². The van der Waals surface area contributed by atoms with Gasteiger partial charge in [0.2, 0.25) is 0 Å². The molecule has 6 atom stereocenters. The van der Waals surface area contributed by atoms with Crippen molar-refractivity contribution in [3.05, 3.63) is 40.4 Å². The highest BCUT2D eigenvalue weighted by Crippen LogP contribution is 2.56. The summed E-state index contributed by atoms with van der Waals surface area (Å²) in [5.74, 6) is -0.0673. The predicted molar refractivity (Wildman–Crippen MR) is 127 cm³/mol. The Hall–Kier alpha value is -1.56. The molecule has 5 nitrogen and oxygen atoms in total. The van der Waals surface area contributed by atoms with Crippen LogP contribution in [0.15, 0.2) is 29.8 Å². The number of carbonyl (C=O) groups is 1. The van der Waals surface area contributed by atoms with Crippen LogP contribution in [-0.2, 0) is 9.53 Å². The maximum Gasteiger partial charge on any atom is 0.311 e. The van der Waals surface area contributed by atoms with E-state index in [0.29, 0.717) is 12.5 Å². The van der Waals surface area contributed by atoms with Crippen molar-refractivity contribution in [2.24, 2.45) is 23.2 Å². The molecule has 0 aromatic heterocycles. The fraction of sp³-hybridized carbons (Fsp3) is 0.654. The molecule has 5 rings (SSSR count). The van der Waals surface area contributed by atoms with Crippen molar-refractivity contribution in [2.45, 2.75) is 52.2 Å². The minimum absolute atomic E-state index is 0.113. The number of allylic oxidation sites excluding steroid dienone is 1. The number of piperazine rings is 1. The molecule has 6 heteroatoms. The largest absolute Gasteiger partial charge is 0.461 e. The highest BCUT2D eigenvalue weighted by Gasteiger charge is 2.59. The number of aryl methyl sites for hydroxylation is 1. The molecule has 1 aromatic rings. The van der Waals surface area contributed by atoms with Gasteiger partial charge in [0.05, 0.1) is 12.0 Å². The molecule has 2 heterocycles. The lowest BCUT2D eigenvalue weighted by Gasteiger charge is -2.52. The summed E-state index contributed by atoms with van der Waals surface area (Å²) in [4.78, 5) is 17.7. The number of rotatable bonds is 3. The Labute approximate surface area is 196 Å². The van der Waals surface area contributed by atoms with Crippen LogP contribution < -0.4 is 4.90 Å². The molecule has 0 bridgehead atoms. The summed E-state index contributed by atoms with van der Waals surface area (Å²) in [6.45, 7) is 10.8. The maximum absolute atomic E-state index is 12.9. The molecular formula is C26H35ClN2O3. The van der Waals surface area contributed by atoms with Gasteiger partial charge in [0.1, 0.15) is 6.10 Å². The monoisotopic (exact) mass is 458 g/mol. The lowest BCUT2D eigenvalue weighted by atomic mass is 9.55. The fourth-order valence-corrected chi connectivity index (χ4v) is 6.81. The minimum atomic E-state index is -0.533. The van der Waals surface area contributed by atoms with Gasteiger partial charge in [-0.25, -0.2) is 0 Å². The Morgan fingerprint density at radius 3 is 2.75 bits per heavy atom. The van der Waals surface area contributed by atoms with Crippen LogP contribution in [0.3, 0.4) is 0 Å². The lowest BCUT2D eigenvalue weighted by Crippen LogP contribution is -2.55. The van der Waals surface area contributed by atoms with Gasteiger partial charge in [-0.15, -0.1) is 0 Å². The first-order valence-corrected chi connectivity index (χ1v) is 12.5. The summed E-state index contributed by atoms with van der Waals surface area (Å²) in [5.41, 5.74) is 3.48. The second-order valence-electron chi connectivity index (χ2n) is 10.5. The van der Waals surface area contributed by atoms with Crippen molar-refractivity contribution in [1.82, 2.24) is 4.90 Å². The molecule has 4 aliphatic rings. The first kappa shape index (κ1) is 22.2. The van der Waals surface area contributed by atoms with Crippen molar-refractivity contribution in [1.29, 1.82) is 0 Å². The number of benzene rings is 1. The van der Waals surface area contributed by atoms with Gasteiger partial charge in [-0.1, -0.05) is 43.2 Å². The van der Waals surface area contributed by atoms with E-state index in [2.05, 4.69) is 42.7 Å². The van der Waals surface area contributed by atoms with Crippen LogP contribution in [0.2, 0.25) is 5.02 Å². The van der Waals surface area contributed by atoms with Gasteiger partial charge in [0, 0.05) is 61.2 Å². The van der Waals surface area contributed by atoms with Crippen LogP contribution in [0.5, 0.6) is 0 Å². The zero-order valence-electron chi connectivity index (χ0n) is 19.4. The highest BCUT2D eigenvalue weighted by atomic mass is 35.5. The number of aliphatic hydroxyl groups excluding tert-OH is 1. The lowest BCUT2D eigenvalue weighted by molar-refractivity contribution is -0.145. The molecule has 3 fully saturated rings. The number of anilines is 1. The number of halogens is 1. The smallest absolute Gasteiger partial charge is 0.311 e. The Bertz CT molecular complexity index is 926. The standard InChI is InChI=1S/C26H35ClN2O3/c1-16-7-8-19(27)14-21(16)29-11-9-28(10-12-29)15-20-23-22(32-25(20)31)13-18-6-4-5-17(2)26(18,3)24(23)30/h6-8,14,17,20,22-24,30H,4-5,9-13,15H2,1-3H3/t17-,20+,22-,23+,24-,26-/m1/s1. The number of carbonyl (C=O) groups excluding carboxylic acids is 1. The van der Waals surface area contributed by atoms with E-state index in [4.69, 9.17) is 16.3 Å². The van der Waals surface area contributed by atoms with Gasteiger partial charge < -0.3 is 14.7 Å². The first-order chi connectivity index (χ1) is 15.3. The zero-order valence-corrected chi connectivity index (χ0v) is 20.1. The minimum Gasteiger partial charge on any atom is -0.461 e. The highest BCUT2D eigenvalue weighted by molar-refractivity contribution is 6.30. The fourth-order valence-electron chi connectivity index (χ4n) is 6.65. The van der Waals surface area contributed by atoms with Crippen molar-refractivity contribution >= 4 is 23.3 Å². The van der Waals surface area contributed by atoms with Gasteiger partial charge in [-0.2, -0.15) is 0 Å². The van der Waals surface area contributed by atoms with Crippen LogP contribution in [0, 0.1) is 30.1 Å². The quantitative estimate of drug-likeness (QED) is 0.547. The van der Waals surface area contributed by atoms with E-state index in [1.165, 1.54) is 16.8 Å². The summed E-state index contributed by atoms with van der Waals surface area (Å²) in [5, 5.41) is 12.3. The van der Waals surface area contributed by atoms with Gasteiger partial charge in [-0.05, 0) is 43.4 Å². The Morgan fingerprint density at radius 1 is 1.25 bits per heavy atom. The van der Waals surface area contributed by atoms with Crippen LogP contribution in [-0.4, -0.2) is 60.9 Å². The Balaban J connectivity index is 1.28. The number of esters is 1. The average Bonchev–Trinajstić information content (AvgIpc) is 3.08. The van der Waals surface area contributed by atoms with Crippen molar-refractivity contribution in [2.75, 3.05) is 37.6 Å². The number of hydrogen-bond acceptors (Lipinski definition) is 5. The van der Waals surface area contributed by atoms with Gasteiger partial charge in [0.25, 0.3) is 0 Å². The van der Waals surface area contributed by atoms with Crippen molar-refractivity contribution in [3.63, 3.8) is 0 Å². The van der Waals surface area contributed by atoms with Crippen molar-refractivity contribution < 1.29 is 14.6 Å². The maximum atomic E-state index is 12.9. The summed E-state index contributed by atoms with van der Waals surface area (Å²) in [6, 6.07) is 6.04. The third-order valence-corrected chi connectivity index (χ3v) is 9.14. The number of aliphatic hydroxyl groups is 1. The van der Waals surface area contributed by atoms with E-state index in [1.54, 1.807) is 0 Å². The molecule has 0 spiro atoms. The summed E-state index contributed by atoms with van der Waals surface area (Å²) < 4.78 is 5.85. The Morgan fingerprint density at radius 2 is 2.00 bits per heavy atom. The number of ether oxygens (including phenoxy) is 1. The molecular weight excluding hydrogens is 424 g/mol. The van der Waals surface area contributed by atoms with Gasteiger partial charge >= 0.3 is 5.97 Å². The normalized spacial score (nSPS) is 37.5. The number of nitrogens with zero attached hydrogens (tertiary/aromatic N) is 2. The zero-order chi connectivity index (χ0) is 22.6. The molecule has 0 radical (unpaired) electrons. The molecule has 1 saturated carbocycles. The molecule has 0 unspecified atom stereocenters. The molecule has 32 heavy (non-hydrogen) atoms. The molecule has 1 aromatic carbocycles. The van der Waals surface area contributed by atoms with Crippen LogP contribution in [0.25, 0.3) is 0 Å². The average molecular weight is 459 g/mol.